The van der Waals surface area contributed by atoms with Crippen LogP contribution in [0.25, 0.3) is 28.3 Å². The summed E-state index contributed by atoms with van der Waals surface area (Å²) in [5.41, 5.74) is 5.63. The summed E-state index contributed by atoms with van der Waals surface area (Å²) in [6.45, 7) is 9.22. The van der Waals surface area contributed by atoms with Crippen molar-refractivity contribution in [1.82, 2.24) is 40.6 Å². The van der Waals surface area contributed by atoms with Crippen LogP contribution >= 0.6 is 0 Å². The third kappa shape index (κ3) is 8.31. The number of carbonyl (C=O) groups is 2. The SMILES string of the molecule is C=N/C=C(\NCCCN(C)CC)c1ccc(-c2ccc(-c3cnc([C@@H]4CCCN4C(=O)[C@H](NC(=O)OC)c4ccccc4)[nH]3)nn2)cc1. The van der Waals surface area contributed by atoms with Gasteiger partial charge in [0.1, 0.15) is 17.6 Å². The molecular formula is C36H43N9O3. The Morgan fingerprint density at radius 1 is 1.12 bits per heavy atom. The second-order valence-corrected chi connectivity index (χ2v) is 11.6. The zero-order valence-electron chi connectivity index (χ0n) is 27.7. The van der Waals surface area contributed by atoms with Gasteiger partial charge in [0.05, 0.1) is 36.4 Å². The van der Waals surface area contributed by atoms with E-state index in [9.17, 15) is 9.59 Å². The van der Waals surface area contributed by atoms with Crippen LogP contribution in [0.3, 0.4) is 0 Å². The molecule has 48 heavy (non-hydrogen) atoms. The van der Waals surface area contributed by atoms with E-state index in [1.807, 2.05) is 66.7 Å². The molecule has 0 unspecified atom stereocenters. The summed E-state index contributed by atoms with van der Waals surface area (Å²) >= 11 is 0. The summed E-state index contributed by atoms with van der Waals surface area (Å²) in [5, 5.41) is 15.1. The Bertz CT molecular complexity index is 1690. The van der Waals surface area contributed by atoms with Crippen LogP contribution < -0.4 is 10.6 Å². The number of hydrogen-bond acceptors (Lipinski definition) is 9. The van der Waals surface area contributed by atoms with Gasteiger partial charge >= 0.3 is 6.09 Å². The van der Waals surface area contributed by atoms with Crippen LogP contribution in [0.1, 0.15) is 55.2 Å². The van der Waals surface area contributed by atoms with Gasteiger partial charge in [-0.1, -0.05) is 61.5 Å². The number of rotatable bonds is 14. The molecule has 0 bridgehead atoms. The Labute approximate surface area is 281 Å². The van der Waals surface area contributed by atoms with Crippen molar-refractivity contribution in [1.29, 1.82) is 0 Å². The predicted octanol–water partition coefficient (Wildman–Crippen LogP) is 5.22. The van der Waals surface area contributed by atoms with E-state index in [0.717, 1.165) is 61.4 Å². The zero-order valence-corrected chi connectivity index (χ0v) is 27.7. The maximum absolute atomic E-state index is 13.8. The Balaban J connectivity index is 1.25. The molecule has 12 heteroatoms. The largest absolute Gasteiger partial charge is 0.453 e. The maximum Gasteiger partial charge on any atom is 0.407 e. The number of nitrogens with zero attached hydrogens (tertiary/aromatic N) is 6. The number of hydrogen-bond donors (Lipinski definition) is 3. The highest BCUT2D eigenvalue weighted by atomic mass is 16.5. The van der Waals surface area contributed by atoms with E-state index in [4.69, 9.17) is 4.74 Å². The number of aromatic nitrogens is 4. The number of imidazole rings is 1. The minimum Gasteiger partial charge on any atom is -0.453 e. The van der Waals surface area contributed by atoms with Crippen molar-refractivity contribution < 1.29 is 14.3 Å². The van der Waals surface area contributed by atoms with E-state index in [1.54, 1.807) is 17.3 Å². The first-order chi connectivity index (χ1) is 23.4. The summed E-state index contributed by atoms with van der Waals surface area (Å²) in [4.78, 5) is 41.9. The summed E-state index contributed by atoms with van der Waals surface area (Å²) in [6, 6.07) is 19.9. The number of H-pyrrole nitrogens is 1. The highest BCUT2D eigenvalue weighted by Crippen LogP contribution is 2.34. The molecule has 2 aromatic carbocycles. The Hall–Kier alpha value is -5.36. The number of likely N-dealkylation sites (tertiary alicyclic amines) is 1. The molecule has 1 aliphatic heterocycles. The second-order valence-electron chi connectivity index (χ2n) is 11.6. The van der Waals surface area contributed by atoms with Gasteiger partial charge < -0.3 is 30.2 Å². The first-order valence-electron chi connectivity index (χ1n) is 16.2. The van der Waals surface area contributed by atoms with E-state index in [0.29, 0.717) is 29.3 Å². The molecule has 3 N–H and O–H groups in total. The third-order valence-electron chi connectivity index (χ3n) is 8.50. The van der Waals surface area contributed by atoms with Gasteiger partial charge in [0.25, 0.3) is 5.91 Å². The molecule has 0 aliphatic carbocycles. The van der Waals surface area contributed by atoms with Gasteiger partial charge in [-0.15, -0.1) is 10.2 Å². The summed E-state index contributed by atoms with van der Waals surface area (Å²) < 4.78 is 4.80. The molecule has 1 fully saturated rings. The Morgan fingerprint density at radius 3 is 2.56 bits per heavy atom. The van der Waals surface area contributed by atoms with Gasteiger partial charge in [0, 0.05) is 24.9 Å². The van der Waals surface area contributed by atoms with Crippen LogP contribution in [0.5, 0.6) is 0 Å². The molecule has 12 nitrogen and oxygen atoms in total. The lowest BCUT2D eigenvalue weighted by molar-refractivity contribution is -0.134. The molecule has 2 amide bonds. The molecular weight excluding hydrogens is 606 g/mol. The number of benzene rings is 2. The van der Waals surface area contributed by atoms with Gasteiger partial charge in [-0.25, -0.2) is 9.78 Å². The molecule has 5 rings (SSSR count). The van der Waals surface area contributed by atoms with Crippen LogP contribution in [0, 0.1) is 0 Å². The number of carbonyl (C=O) groups excluding carboxylic acids is 2. The number of nitrogens with one attached hydrogen (secondary N) is 3. The maximum atomic E-state index is 13.8. The van der Waals surface area contributed by atoms with Crippen molar-refractivity contribution in [3.05, 3.63) is 96.1 Å². The minimum atomic E-state index is -0.878. The van der Waals surface area contributed by atoms with Gasteiger partial charge in [-0.05, 0) is 69.4 Å². The fraction of sp³-hybridized carbons (Fsp3) is 0.333. The fourth-order valence-corrected chi connectivity index (χ4v) is 5.72. The fourth-order valence-electron chi connectivity index (χ4n) is 5.72. The lowest BCUT2D eigenvalue weighted by Crippen LogP contribution is -2.42. The van der Waals surface area contributed by atoms with Crippen LogP contribution in [0.2, 0.25) is 0 Å². The van der Waals surface area contributed by atoms with Crippen LogP contribution in [-0.2, 0) is 9.53 Å². The van der Waals surface area contributed by atoms with E-state index in [2.05, 4.69) is 61.4 Å². The molecule has 1 aliphatic rings. The number of aliphatic imine (C=N–C) groups is 1. The molecule has 0 saturated carbocycles. The van der Waals surface area contributed by atoms with Crippen molar-refractivity contribution in [2.45, 2.75) is 38.3 Å². The summed E-state index contributed by atoms with van der Waals surface area (Å²) in [7, 11) is 3.40. The minimum absolute atomic E-state index is 0.221. The Morgan fingerprint density at radius 2 is 1.88 bits per heavy atom. The third-order valence-corrected chi connectivity index (χ3v) is 8.50. The Kier molecular flexibility index (Phi) is 11.7. The number of ether oxygens (including phenoxy) is 1. The van der Waals surface area contributed by atoms with E-state index >= 15 is 0 Å². The lowest BCUT2D eigenvalue weighted by atomic mass is 10.1. The van der Waals surface area contributed by atoms with Crippen molar-refractivity contribution in [2.24, 2.45) is 4.99 Å². The lowest BCUT2D eigenvalue weighted by Gasteiger charge is -2.28. The van der Waals surface area contributed by atoms with Gasteiger partial charge in [-0.2, -0.15) is 0 Å². The number of methoxy groups -OCH3 is 1. The van der Waals surface area contributed by atoms with Crippen molar-refractivity contribution >= 4 is 24.4 Å². The van der Waals surface area contributed by atoms with Gasteiger partial charge in [0.2, 0.25) is 0 Å². The molecule has 0 radical (unpaired) electrons. The molecule has 2 atom stereocenters. The second kappa shape index (κ2) is 16.5. The van der Waals surface area contributed by atoms with E-state index in [1.165, 1.54) is 7.11 Å². The average molecular weight is 650 g/mol. The van der Waals surface area contributed by atoms with Crippen molar-refractivity contribution in [3.8, 4) is 22.6 Å². The normalized spacial score (nSPS) is 15.3. The molecule has 250 valence electrons. The quantitative estimate of drug-likeness (QED) is 0.125. The summed E-state index contributed by atoms with van der Waals surface area (Å²) in [6.07, 6.45) is 5.36. The van der Waals surface area contributed by atoms with Gasteiger partial charge in [0.15, 0.2) is 0 Å². The topological polar surface area (TPSA) is 141 Å². The summed E-state index contributed by atoms with van der Waals surface area (Å²) in [5.74, 6) is 0.437. The highest BCUT2D eigenvalue weighted by Gasteiger charge is 2.37. The van der Waals surface area contributed by atoms with Crippen molar-refractivity contribution in [3.63, 3.8) is 0 Å². The van der Waals surface area contributed by atoms with Crippen molar-refractivity contribution in [2.75, 3.05) is 40.3 Å². The van der Waals surface area contributed by atoms with Crippen LogP contribution in [-0.4, -0.2) is 89.0 Å². The smallest absolute Gasteiger partial charge is 0.407 e. The first kappa shape index (κ1) is 34.0. The zero-order chi connectivity index (χ0) is 33.9. The molecule has 4 aromatic rings. The van der Waals surface area contributed by atoms with Gasteiger partial charge in [-0.3, -0.25) is 9.79 Å². The average Bonchev–Trinajstić information content (AvgIpc) is 3.83. The predicted molar refractivity (Wildman–Crippen MR) is 187 cm³/mol. The van der Waals surface area contributed by atoms with Crippen LogP contribution in [0.15, 0.2) is 84.1 Å². The first-order valence-corrected chi connectivity index (χ1v) is 16.2. The molecule has 2 aromatic heterocycles. The molecule has 0 spiro atoms. The highest BCUT2D eigenvalue weighted by molar-refractivity contribution is 5.87. The monoisotopic (exact) mass is 649 g/mol. The molecule has 3 heterocycles. The van der Waals surface area contributed by atoms with E-state index < -0.39 is 12.1 Å². The number of aromatic amines is 1. The molecule has 1 saturated heterocycles. The number of amides is 2. The number of alkyl carbamates (subject to hydrolysis) is 1. The van der Waals surface area contributed by atoms with Crippen LogP contribution in [0.4, 0.5) is 4.79 Å². The standard InChI is InChI=1S/C36H43N9O3/c1-5-44(3)21-10-20-38-30(23-37-2)26-16-14-25(15-17-26)28-18-19-29(43-42-28)31-24-39-34(40-31)32-13-9-22-45(32)35(46)33(41-36(47)48-4)27-11-7-6-8-12-27/h6-8,11-12,14-19,23-24,32-33,38H,2,5,9-10,13,20-22H2,1,3-4H3,(H,39,40)(H,41,47)/b30-23-/t32-,33+/m0/s1. The van der Waals surface area contributed by atoms with E-state index in [-0.39, 0.29) is 11.9 Å².